The first-order valence-corrected chi connectivity index (χ1v) is 8.45. The van der Waals surface area contributed by atoms with Gasteiger partial charge in [0.05, 0.1) is 17.8 Å². The van der Waals surface area contributed by atoms with Gasteiger partial charge in [-0.25, -0.2) is 4.39 Å². The number of nitrogens with one attached hydrogen (secondary N) is 1. The van der Waals surface area contributed by atoms with Crippen LogP contribution in [0.15, 0.2) is 54.9 Å². The van der Waals surface area contributed by atoms with Crippen molar-refractivity contribution in [2.75, 3.05) is 0 Å². The number of amides is 1. The molecule has 0 aliphatic carbocycles. The van der Waals surface area contributed by atoms with Gasteiger partial charge in [-0.3, -0.25) is 9.48 Å². The maximum Gasteiger partial charge on any atom is 0.251 e. The molecular weight excluding hydrogens is 355 g/mol. The molecule has 0 fully saturated rings. The third kappa shape index (κ3) is 4.47. The zero-order valence-corrected chi connectivity index (χ0v) is 14.7. The number of carbonyl (C=O) groups excluding carboxylic acids is 1. The van der Waals surface area contributed by atoms with Gasteiger partial charge in [0.25, 0.3) is 5.91 Å². The standard InChI is InChI=1S/C19H18ClFN4O/c20-17-10-24-25(12-17)11-13-1-4-15(5-2-13)19(26)23-9-16-6-3-14(8-22)7-18(16)21/h1-7,10,12H,8-9,11,22H2,(H,23,26). The molecule has 0 saturated heterocycles. The summed E-state index contributed by atoms with van der Waals surface area (Å²) in [6.07, 6.45) is 3.30. The van der Waals surface area contributed by atoms with Gasteiger partial charge >= 0.3 is 0 Å². The first kappa shape index (κ1) is 18.1. The molecule has 0 aliphatic heterocycles. The van der Waals surface area contributed by atoms with Crippen LogP contribution in [-0.4, -0.2) is 15.7 Å². The van der Waals surface area contributed by atoms with Crippen LogP contribution < -0.4 is 11.1 Å². The molecule has 0 aliphatic rings. The number of rotatable bonds is 6. The molecular formula is C19H18ClFN4O. The number of benzene rings is 2. The molecule has 7 heteroatoms. The van der Waals surface area contributed by atoms with E-state index in [1.807, 2.05) is 12.1 Å². The van der Waals surface area contributed by atoms with Gasteiger partial charge in [-0.05, 0) is 29.3 Å². The molecule has 1 heterocycles. The Morgan fingerprint density at radius 3 is 2.54 bits per heavy atom. The minimum Gasteiger partial charge on any atom is -0.348 e. The molecule has 0 saturated carbocycles. The summed E-state index contributed by atoms with van der Waals surface area (Å²) in [5, 5.41) is 7.41. The highest BCUT2D eigenvalue weighted by atomic mass is 35.5. The quantitative estimate of drug-likeness (QED) is 0.698. The van der Waals surface area contributed by atoms with E-state index in [0.29, 0.717) is 28.3 Å². The predicted octanol–water partition coefficient (Wildman–Crippen LogP) is 3.11. The number of carbonyl (C=O) groups is 1. The van der Waals surface area contributed by atoms with E-state index in [2.05, 4.69) is 10.4 Å². The summed E-state index contributed by atoms with van der Waals surface area (Å²) in [5.74, 6) is -0.637. The summed E-state index contributed by atoms with van der Waals surface area (Å²) in [7, 11) is 0. The van der Waals surface area contributed by atoms with Crippen molar-refractivity contribution in [3.63, 3.8) is 0 Å². The third-order valence-corrected chi connectivity index (χ3v) is 4.15. The third-order valence-electron chi connectivity index (χ3n) is 3.96. The maximum atomic E-state index is 13.9. The lowest BCUT2D eigenvalue weighted by atomic mass is 10.1. The lowest BCUT2D eigenvalue weighted by molar-refractivity contribution is 0.0950. The summed E-state index contributed by atoms with van der Waals surface area (Å²) in [6.45, 7) is 0.955. The molecule has 0 radical (unpaired) electrons. The number of aromatic nitrogens is 2. The topological polar surface area (TPSA) is 72.9 Å². The highest BCUT2D eigenvalue weighted by molar-refractivity contribution is 6.30. The van der Waals surface area contributed by atoms with Crippen LogP contribution in [0.5, 0.6) is 0 Å². The largest absolute Gasteiger partial charge is 0.348 e. The van der Waals surface area contributed by atoms with Crippen LogP contribution in [0.25, 0.3) is 0 Å². The molecule has 1 aromatic heterocycles. The van der Waals surface area contributed by atoms with E-state index < -0.39 is 0 Å². The first-order chi connectivity index (χ1) is 12.5. The van der Waals surface area contributed by atoms with E-state index in [1.165, 1.54) is 6.07 Å². The van der Waals surface area contributed by atoms with Crippen molar-refractivity contribution in [3.05, 3.63) is 88.0 Å². The van der Waals surface area contributed by atoms with Crippen molar-refractivity contribution in [2.45, 2.75) is 19.6 Å². The summed E-state index contributed by atoms with van der Waals surface area (Å²) in [6, 6.07) is 11.9. The zero-order chi connectivity index (χ0) is 18.5. The van der Waals surface area contributed by atoms with Crippen molar-refractivity contribution in [1.82, 2.24) is 15.1 Å². The fraction of sp³-hybridized carbons (Fsp3) is 0.158. The Kier molecular flexibility index (Phi) is 5.65. The molecule has 0 bridgehead atoms. The smallest absolute Gasteiger partial charge is 0.251 e. The molecule has 3 rings (SSSR count). The Labute approximate surface area is 155 Å². The second kappa shape index (κ2) is 8.12. The van der Waals surface area contributed by atoms with Crippen LogP contribution in [0.1, 0.15) is 27.0 Å². The Morgan fingerprint density at radius 2 is 1.92 bits per heavy atom. The van der Waals surface area contributed by atoms with Crippen LogP contribution in [0, 0.1) is 5.82 Å². The molecule has 3 N–H and O–H groups in total. The highest BCUT2D eigenvalue weighted by Crippen LogP contribution is 2.12. The fourth-order valence-electron chi connectivity index (χ4n) is 2.51. The van der Waals surface area contributed by atoms with Gasteiger partial charge in [-0.2, -0.15) is 5.10 Å². The lowest BCUT2D eigenvalue weighted by Gasteiger charge is -2.08. The van der Waals surface area contributed by atoms with Crippen LogP contribution >= 0.6 is 11.6 Å². The van der Waals surface area contributed by atoms with Gasteiger partial charge in [0.15, 0.2) is 0 Å². The molecule has 0 unspecified atom stereocenters. The molecule has 0 spiro atoms. The minimum absolute atomic E-state index is 0.114. The second-order valence-electron chi connectivity index (χ2n) is 5.87. The number of halogens is 2. The van der Waals surface area contributed by atoms with Crippen molar-refractivity contribution in [1.29, 1.82) is 0 Å². The molecule has 5 nitrogen and oxygen atoms in total. The van der Waals surface area contributed by atoms with E-state index >= 15 is 0 Å². The number of nitrogens with two attached hydrogens (primary N) is 1. The van der Waals surface area contributed by atoms with Crippen molar-refractivity contribution < 1.29 is 9.18 Å². The number of nitrogens with zero attached hydrogens (tertiary/aromatic N) is 2. The van der Waals surface area contributed by atoms with Gasteiger partial charge in [0.1, 0.15) is 5.82 Å². The van der Waals surface area contributed by atoms with Crippen LogP contribution in [0.3, 0.4) is 0 Å². The van der Waals surface area contributed by atoms with E-state index in [1.54, 1.807) is 41.3 Å². The summed E-state index contributed by atoms with van der Waals surface area (Å²) < 4.78 is 15.6. The molecule has 0 atom stereocenters. The first-order valence-electron chi connectivity index (χ1n) is 8.07. The lowest BCUT2D eigenvalue weighted by Crippen LogP contribution is -2.23. The van der Waals surface area contributed by atoms with Gasteiger partial charge in [-0.15, -0.1) is 0 Å². The van der Waals surface area contributed by atoms with Gasteiger partial charge < -0.3 is 11.1 Å². The Bertz CT molecular complexity index is 908. The van der Waals surface area contributed by atoms with Gasteiger partial charge in [-0.1, -0.05) is 35.9 Å². The Balaban J connectivity index is 1.59. The summed E-state index contributed by atoms with van der Waals surface area (Å²) >= 11 is 5.84. The zero-order valence-electron chi connectivity index (χ0n) is 14.0. The van der Waals surface area contributed by atoms with Crippen LogP contribution in [0.4, 0.5) is 4.39 Å². The SMILES string of the molecule is NCc1ccc(CNC(=O)c2ccc(Cn3cc(Cl)cn3)cc2)c(F)c1. The Hall–Kier alpha value is -2.70. The molecule has 2 aromatic carbocycles. The Morgan fingerprint density at radius 1 is 1.19 bits per heavy atom. The monoisotopic (exact) mass is 372 g/mol. The van der Waals surface area contributed by atoms with Gasteiger partial charge in [0, 0.05) is 30.4 Å². The van der Waals surface area contributed by atoms with Crippen LogP contribution in [-0.2, 0) is 19.6 Å². The fourth-order valence-corrected chi connectivity index (χ4v) is 2.67. The minimum atomic E-state index is -0.374. The van der Waals surface area contributed by atoms with E-state index in [-0.39, 0.29) is 24.8 Å². The molecule has 3 aromatic rings. The predicted molar refractivity (Wildman–Crippen MR) is 98.2 cm³/mol. The average Bonchev–Trinajstić information content (AvgIpc) is 3.05. The van der Waals surface area contributed by atoms with E-state index in [9.17, 15) is 9.18 Å². The molecule has 134 valence electrons. The maximum absolute atomic E-state index is 13.9. The molecule has 26 heavy (non-hydrogen) atoms. The summed E-state index contributed by atoms with van der Waals surface area (Å²) in [5.41, 5.74) is 8.11. The van der Waals surface area contributed by atoms with Crippen LogP contribution in [0.2, 0.25) is 5.02 Å². The highest BCUT2D eigenvalue weighted by Gasteiger charge is 2.08. The summed E-state index contributed by atoms with van der Waals surface area (Å²) in [4.78, 5) is 12.2. The average molecular weight is 373 g/mol. The van der Waals surface area contributed by atoms with Gasteiger partial charge in [0.2, 0.25) is 0 Å². The van der Waals surface area contributed by atoms with Crippen molar-refractivity contribution >= 4 is 17.5 Å². The normalized spacial score (nSPS) is 10.7. The van der Waals surface area contributed by atoms with E-state index in [0.717, 1.165) is 5.56 Å². The number of hydrogen-bond donors (Lipinski definition) is 2. The second-order valence-corrected chi connectivity index (χ2v) is 6.30. The van der Waals surface area contributed by atoms with E-state index in [4.69, 9.17) is 17.3 Å². The molecule has 1 amide bonds. The number of hydrogen-bond acceptors (Lipinski definition) is 3. The van der Waals surface area contributed by atoms with Crippen molar-refractivity contribution in [2.24, 2.45) is 5.73 Å². The van der Waals surface area contributed by atoms with Crippen molar-refractivity contribution in [3.8, 4) is 0 Å².